The number of carbonyl (C=O) groups excluding carboxylic acids is 2. The van der Waals surface area contributed by atoms with Crippen molar-refractivity contribution in [3.05, 3.63) is 84.2 Å². The molecule has 1 N–H and O–H groups in total. The van der Waals surface area contributed by atoms with E-state index in [0.29, 0.717) is 16.8 Å². The number of fused-ring (bicyclic) bond motifs is 1. The van der Waals surface area contributed by atoms with Crippen molar-refractivity contribution in [3.8, 4) is 5.75 Å². The zero-order valence-electron chi connectivity index (χ0n) is 21.6. The predicted octanol–water partition coefficient (Wildman–Crippen LogP) is 3.91. The first-order valence-corrected chi connectivity index (χ1v) is 12.2. The Bertz CT molecular complexity index is 1370. The highest BCUT2D eigenvalue weighted by Crippen LogP contribution is 2.26. The summed E-state index contributed by atoms with van der Waals surface area (Å²) in [6.45, 7) is 6.05. The summed E-state index contributed by atoms with van der Waals surface area (Å²) in [4.78, 5) is 33.5. The number of benzene rings is 2. The molecule has 0 aliphatic carbocycles. The molecule has 9 nitrogen and oxygen atoms in total. The molecule has 0 aliphatic heterocycles. The maximum atomic E-state index is 14.0. The van der Waals surface area contributed by atoms with Crippen LogP contribution in [-0.2, 0) is 22.7 Å². The quantitative estimate of drug-likeness (QED) is 0.354. The molecule has 4 rings (SSSR count). The molecule has 2 heterocycles. The number of carbonyl (C=O) groups is 2. The summed E-state index contributed by atoms with van der Waals surface area (Å²) in [5.74, 6) is 0.131. The van der Waals surface area contributed by atoms with Gasteiger partial charge < -0.3 is 15.0 Å². The summed E-state index contributed by atoms with van der Waals surface area (Å²) in [6.07, 6.45) is 3.98. The Balaban J connectivity index is 1.76. The van der Waals surface area contributed by atoms with E-state index in [2.05, 4.69) is 20.6 Å². The summed E-state index contributed by atoms with van der Waals surface area (Å²) in [7, 11) is 1.60. The van der Waals surface area contributed by atoms with E-state index in [-0.39, 0.29) is 24.9 Å². The van der Waals surface area contributed by atoms with E-state index in [1.807, 2.05) is 69.3 Å². The SMILES string of the molecule is CCC(C)(C)NC(=O)[C@H](c1ccncc1)N(Cc1cccc(OC)c1)C(=O)Cn1nnc2ccccc21. The molecule has 4 aromatic rings. The Morgan fingerprint density at radius 1 is 1.08 bits per heavy atom. The van der Waals surface area contributed by atoms with Gasteiger partial charge in [0.15, 0.2) is 0 Å². The first kappa shape index (κ1) is 25.8. The fraction of sp³-hybridized carbons (Fsp3) is 0.321. The number of nitrogens with one attached hydrogen (secondary N) is 1. The van der Waals surface area contributed by atoms with E-state index in [9.17, 15) is 9.59 Å². The number of pyridine rings is 1. The molecule has 2 aromatic carbocycles. The van der Waals surface area contributed by atoms with Crippen LogP contribution in [0.15, 0.2) is 73.1 Å². The monoisotopic (exact) mass is 500 g/mol. The minimum atomic E-state index is -0.887. The second kappa shape index (κ2) is 11.2. The molecule has 192 valence electrons. The van der Waals surface area contributed by atoms with Crippen molar-refractivity contribution in [2.45, 2.75) is 51.9 Å². The lowest BCUT2D eigenvalue weighted by atomic mass is 9.98. The van der Waals surface area contributed by atoms with E-state index >= 15 is 0 Å². The highest BCUT2D eigenvalue weighted by molar-refractivity contribution is 5.89. The summed E-state index contributed by atoms with van der Waals surface area (Å²) in [5.41, 5.74) is 2.49. The Morgan fingerprint density at radius 2 is 1.84 bits per heavy atom. The third-order valence-corrected chi connectivity index (χ3v) is 6.44. The average Bonchev–Trinajstić information content (AvgIpc) is 3.31. The number of aromatic nitrogens is 4. The summed E-state index contributed by atoms with van der Waals surface area (Å²) in [5, 5.41) is 11.5. The molecule has 0 spiro atoms. The zero-order chi connectivity index (χ0) is 26.4. The van der Waals surface area contributed by atoms with Gasteiger partial charge in [0.25, 0.3) is 0 Å². The molecule has 37 heavy (non-hydrogen) atoms. The lowest BCUT2D eigenvalue weighted by molar-refractivity contribution is -0.143. The van der Waals surface area contributed by atoms with Crippen LogP contribution in [0.5, 0.6) is 5.75 Å². The predicted molar refractivity (Wildman–Crippen MR) is 141 cm³/mol. The van der Waals surface area contributed by atoms with Crippen LogP contribution in [-0.4, -0.2) is 49.3 Å². The molecule has 0 saturated heterocycles. The number of ether oxygens (including phenoxy) is 1. The minimum absolute atomic E-state index is 0.0729. The van der Waals surface area contributed by atoms with Crippen molar-refractivity contribution in [3.63, 3.8) is 0 Å². The van der Waals surface area contributed by atoms with Crippen molar-refractivity contribution in [2.75, 3.05) is 7.11 Å². The molecule has 2 aromatic heterocycles. The fourth-order valence-corrected chi connectivity index (χ4v) is 4.05. The Hall–Kier alpha value is -4.27. The van der Waals surface area contributed by atoms with Crippen molar-refractivity contribution in [2.24, 2.45) is 0 Å². The van der Waals surface area contributed by atoms with E-state index in [1.165, 1.54) is 0 Å². The normalized spacial score (nSPS) is 12.2. The third-order valence-electron chi connectivity index (χ3n) is 6.44. The molecular formula is C28H32N6O3. The molecule has 0 bridgehead atoms. The number of rotatable bonds is 10. The number of hydrogen-bond donors (Lipinski definition) is 1. The number of methoxy groups -OCH3 is 1. The molecule has 0 fully saturated rings. The van der Waals surface area contributed by atoms with Gasteiger partial charge in [-0.3, -0.25) is 14.6 Å². The first-order chi connectivity index (χ1) is 17.8. The standard InChI is InChI=1S/C28H32N6O3/c1-5-28(2,3)30-27(36)26(21-13-15-29-16-14-21)33(18-20-9-8-10-22(17-20)37-4)25(35)19-34-24-12-7-6-11-23(24)31-32-34/h6-17,26H,5,18-19H2,1-4H3,(H,30,36)/t26-/m0/s1. The van der Waals surface area contributed by atoms with Gasteiger partial charge in [-0.25, -0.2) is 4.68 Å². The molecule has 0 unspecified atom stereocenters. The van der Waals surface area contributed by atoms with Crippen LogP contribution in [0.25, 0.3) is 11.0 Å². The smallest absolute Gasteiger partial charge is 0.247 e. The maximum Gasteiger partial charge on any atom is 0.247 e. The first-order valence-electron chi connectivity index (χ1n) is 12.2. The molecule has 2 amide bonds. The van der Waals surface area contributed by atoms with Crippen LogP contribution >= 0.6 is 0 Å². The lowest BCUT2D eigenvalue weighted by Crippen LogP contribution is -2.50. The van der Waals surface area contributed by atoms with Crippen molar-refractivity contribution < 1.29 is 14.3 Å². The molecule has 1 atom stereocenters. The minimum Gasteiger partial charge on any atom is -0.497 e. The summed E-state index contributed by atoms with van der Waals surface area (Å²) < 4.78 is 6.95. The second-order valence-corrected chi connectivity index (χ2v) is 9.52. The van der Waals surface area contributed by atoms with Crippen LogP contribution in [0.4, 0.5) is 0 Å². The Morgan fingerprint density at radius 3 is 2.57 bits per heavy atom. The van der Waals surface area contributed by atoms with Gasteiger partial charge in [-0.15, -0.1) is 5.10 Å². The van der Waals surface area contributed by atoms with Gasteiger partial charge >= 0.3 is 0 Å². The van der Waals surface area contributed by atoms with E-state index in [1.54, 1.807) is 41.2 Å². The van der Waals surface area contributed by atoms with Crippen LogP contribution in [0.1, 0.15) is 44.4 Å². The van der Waals surface area contributed by atoms with Gasteiger partial charge in [0, 0.05) is 24.5 Å². The van der Waals surface area contributed by atoms with Gasteiger partial charge in [-0.1, -0.05) is 36.4 Å². The molecule has 9 heteroatoms. The second-order valence-electron chi connectivity index (χ2n) is 9.52. The lowest BCUT2D eigenvalue weighted by Gasteiger charge is -2.34. The topological polar surface area (TPSA) is 102 Å². The molecule has 0 aliphatic rings. The highest BCUT2D eigenvalue weighted by atomic mass is 16.5. The largest absolute Gasteiger partial charge is 0.497 e. The van der Waals surface area contributed by atoms with Crippen LogP contribution in [0, 0.1) is 0 Å². The van der Waals surface area contributed by atoms with E-state index in [0.717, 1.165) is 17.5 Å². The Labute approximate surface area is 216 Å². The van der Waals surface area contributed by atoms with Crippen molar-refractivity contribution in [1.29, 1.82) is 0 Å². The molecular weight excluding hydrogens is 468 g/mol. The Kier molecular flexibility index (Phi) is 7.81. The van der Waals surface area contributed by atoms with E-state index < -0.39 is 11.6 Å². The van der Waals surface area contributed by atoms with Crippen molar-refractivity contribution in [1.82, 2.24) is 30.2 Å². The fourth-order valence-electron chi connectivity index (χ4n) is 4.05. The average molecular weight is 501 g/mol. The van der Waals surface area contributed by atoms with Crippen molar-refractivity contribution >= 4 is 22.8 Å². The number of amides is 2. The number of para-hydroxylation sites is 1. The van der Waals surface area contributed by atoms with Gasteiger partial charge in [-0.2, -0.15) is 0 Å². The van der Waals surface area contributed by atoms with Crippen LogP contribution in [0.2, 0.25) is 0 Å². The molecule has 0 radical (unpaired) electrons. The number of hydrogen-bond acceptors (Lipinski definition) is 6. The van der Waals surface area contributed by atoms with Gasteiger partial charge in [0.05, 0.1) is 12.6 Å². The van der Waals surface area contributed by atoms with Crippen LogP contribution < -0.4 is 10.1 Å². The number of nitrogens with zero attached hydrogens (tertiary/aromatic N) is 5. The molecule has 0 saturated carbocycles. The van der Waals surface area contributed by atoms with Crippen LogP contribution in [0.3, 0.4) is 0 Å². The van der Waals surface area contributed by atoms with Gasteiger partial charge in [-0.05, 0) is 67.8 Å². The van der Waals surface area contributed by atoms with Gasteiger partial charge in [0.1, 0.15) is 23.9 Å². The van der Waals surface area contributed by atoms with Gasteiger partial charge in [0.2, 0.25) is 11.8 Å². The zero-order valence-corrected chi connectivity index (χ0v) is 21.6. The van der Waals surface area contributed by atoms with E-state index in [4.69, 9.17) is 4.74 Å². The third kappa shape index (κ3) is 6.11. The summed E-state index contributed by atoms with van der Waals surface area (Å²) in [6, 6.07) is 17.6. The summed E-state index contributed by atoms with van der Waals surface area (Å²) >= 11 is 0. The maximum absolute atomic E-state index is 14.0. The highest BCUT2D eigenvalue weighted by Gasteiger charge is 2.34.